The van der Waals surface area contributed by atoms with Gasteiger partial charge in [-0.3, -0.25) is 4.79 Å². The lowest BCUT2D eigenvalue weighted by atomic mass is 10.2. The van der Waals surface area contributed by atoms with Crippen molar-refractivity contribution in [1.29, 1.82) is 0 Å². The fourth-order valence-electron chi connectivity index (χ4n) is 1.34. The van der Waals surface area contributed by atoms with Crippen LogP contribution < -0.4 is 10.6 Å². The summed E-state index contributed by atoms with van der Waals surface area (Å²) in [5.41, 5.74) is 0. The van der Waals surface area contributed by atoms with Gasteiger partial charge in [-0.15, -0.1) is 0 Å². The van der Waals surface area contributed by atoms with Crippen LogP contribution in [0.3, 0.4) is 0 Å². The van der Waals surface area contributed by atoms with Crippen LogP contribution >= 0.6 is 0 Å². The molecule has 2 atom stereocenters. The molecule has 1 amide bonds. The first-order valence-electron chi connectivity index (χ1n) is 5.74. The van der Waals surface area contributed by atoms with Crippen LogP contribution in [0.15, 0.2) is 0 Å². The van der Waals surface area contributed by atoms with Gasteiger partial charge in [0.1, 0.15) is 0 Å². The molecule has 0 heterocycles. The van der Waals surface area contributed by atoms with Gasteiger partial charge in [-0.1, -0.05) is 13.3 Å². The summed E-state index contributed by atoms with van der Waals surface area (Å²) in [5.74, 6) is 0.0292. The normalized spacial score (nSPS) is 14.7. The van der Waals surface area contributed by atoms with Crippen LogP contribution in [-0.4, -0.2) is 36.2 Å². The molecular weight excluding hydrogens is 192 g/mol. The monoisotopic (exact) mass is 216 g/mol. The van der Waals surface area contributed by atoms with Gasteiger partial charge in [0, 0.05) is 6.04 Å². The molecule has 0 aliphatic carbocycles. The first-order chi connectivity index (χ1) is 7.06. The molecule has 0 rings (SSSR count). The van der Waals surface area contributed by atoms with Gasteiger partial charge < -0.3 is 15.7 Å². The van der Waals surface area contributed by atoms with Gasteiger partial charge in [-0.05, 0) is 33.2 Å². The second kappa shape index (κ2) is 8.68. The van der Waals surface area contributed by atoms with E-state index in [2.05, 4.69) is 17.6 Å². The zero-order valence-corrected chi connectivity index (χ0v) is 10.0. The van der Waals surface area contributed by atoms with Gasteiger partial charge in [0.2, 0.25) is 5.91 Å². The number of aliphatic hydroxyl groups is 1. The van der Waals surface area contributed by atoms with Gasteiger partial charge in [-0.25, -0.2) is 0 Å². The van der Waals surface area contributed by atoms with E-state index in [0.29, 0.717) is 19.5 Å². The fourth-order valence-corrected chi connectivity index (χ4v) is 1.34. The third kappa shape index (κ3) is 9.69. The molecular formula is C11H24N2O2. The number of nitrogens with one attached hydrogen (secondary N) is 2. The van der Waals surface area contributed by atoms with E-state index < -0.39 is 0 Å². The molecule has 0 bridgehead atoms. The summed E-state index contributed by atoms with van der Waals surface area (Å²) < 4.78 is 0. The second-order valence-electron chi connectivity index (χ2n) is 4.07. The largest absolute Gasteiger partial charge is 0.393 e. The van der Waals surface area contributed by atoms with Crippen LogP contribution in [0, 0.1) is 0 Å². The lowest BCUT2D eigenvalue weighted by molar-refractivity contribution is -0.120. The summed E-state index contributed by atoms with van der Waals surface area (Å²) in [6.45, 7) is 6.86. The van der Waals surface area contributed by atoms with Gasteiger partial charge >= 0.3 is 0 Å². The van der Waals surface area contributed by atoms with Crippen LogP contribution in [0.25, 0.3) is 0 Å². The van der Waals surface area contributed by atoms with Crippen molar-refractivity contribution in [2.75, 3.05) is 13.1 Å². The second-order valence-corrected chi connectivity index (χ2v) is 4.07. The number of carbonyl (C=O) groups excluding carboxylic acids is 1. The smallest absolute Gasteiger partial charge is 0.234 e. The molecule has 0 aliphatic heterocycles. The lowest BCUT2D eigenvalue weighted by Crippen LogP contribution is -2.39. The predicted octanol–water partition coefficient (Wildman–Crippen LogP) is 0.652. The minimum Gasteiger partial charge on any atom is -0.393 e. The minimum absolute atomic E-state index is 0.0292. The number of hydrogen-bond acceptors (Lipinski definition) is 3. The van der Waals surface area contributed by atoms with E-state index in [4.69, 9.17) is 5.11 Å². The summed E-state index contributed by atoms with van der Waals surface area (Å²) in [4.78, 5) is 11.3. The van der Waals surface area contributed by atoms with Gasteiger partial charge in [0.25, 0.3) is 0 Å². The van der Waals surface area contributed by atoms with Crippen LogP contribution in [0.4, 0.5) is 0 Å². The number of hydrogen-bond donors (Lipinski definition) is 3. The Balaban J connectivity index is 3.40. The van der Waals surface area contributed by atoms with Crippen LogP contribution in [0.1, 0.15) is 40.0 Å². The Bertz CT molecular complexity index is 172. The standard InChI is InChI=1S/C11H24N2O2/c1-4-5-9(2)13-11(15)8-12-7-6-10(3)14/h9-10,12,14H,4-8H2,1-3H3,(H,13,15). The maximum Gasteiger partial charge on any atom is 0.234 e. The highest BCUT2D eigenvalue weighted by Crippen LogP contribution is 1.93. The Kier molecular flexibility index (Phi) is 8.33. The Morgan fingerprint density at radius 3 is 2.53 bits per heavy atom. The molecule has 90 valence electrons. The van der Waals surface area contributed by atoms with Crippen molar-refractivity contribution < 1.29 is 9.90 Å². The van der Waals surface area contributed by atoms with Crippen molar-refractivity contribution in [2.45, 2.75) is 52.2 Å². The molecule has 0 aliphatic rings. The topological polar surface area (TPSA) is 61.4 Å². The molecule has 2 unspecified atom stereocenters. The Labute approximate surface area is 92.4 Å². The Morgan fingerprint density at radius 2 is 2.00 bits per heavy atom. The van der Waals surface area contributed by atoms with Crippen molar-refractivity contribution in [2.24, 2.45) is 0 Å². The van der Waals surface area contributed by atoms with Crippen molar-refractivity contribution >= 4 is 5.91 Å². The van der Waals surface area contributed by atoms with Crippen LogP contribution in [0.2, 0.25) is 0 Å². The van der Waals surface area contributed by atoms with E-state index in [1.54, 1.807) is 6.92 Å². The summed E-state index contributed by atoms with van der Waals surface area (Å²) >= 11 is 0. The summed E-state index contributed by atoms with van der Waals surface area (Å²) in [6, 6.07) is 0.251. The number of carbonyl (C=O) groups is 1. The average molecular weight is 216 g/mol. The van der Waals surface area contributed by atoms with E-state index in [0.717, 1.165) is 12.8 Å². The number of rotatable bonds is 8. The van der Waals surface area contributed by atoms with Crippen LogP contribution in [0.5, 0.6) is 0 Å². The van der Waals surface area contributed by atoms with Gasteiger partial charge in [0.05, 0.1) is 12.6 Å². The van der Waals surface area contributed by atoms with Gasteiger partial charge in [0.15, 0.2) is 0 Å². The molecule has 4 nitrogen and oxygen atoms in total. The maximum absolute atomic E-state index is 11.3. The quantitative estimate of drug-likeness (QED) is 0.522. The zero-order valence-electron chi connectivity index (χ0n) is 10.0. The molecule has 3 N–H and O–H groups in total. The summed E-state index contributed by atoms with van der Waals surface area (Å²) in [6.07, 6.45) is 2.47. The molecule has 0 aromatic heterocycles. The Hall–Kier alpha value is -0.610. The third-order valence-electron chi connectivity index (χ3n) is 2.15. The van der Waals surface area contributed by atoms with Crippen LogP contribution in [-0.2, 0) is 4.79 Å². The molecule has 0 spiro atoms. The highest BCUT2D eigenvalue weighted by Gasteiger charge is 2.05. The van der Waals surface area contributed by atoms with Crippen molar-refractivity contribution in [3.63, 3.8) is 0 Å². The minimum atomic E-state index is -0.306. The number of amides is 1. The molecule has 4 heteroatoms. The van der Waals surface area contributed by atoms with Crippen molar-refractivity contribution in [1.82, 2.24) is 10.6 Å². The van der Waals surface area contributed by atoms with Crippen molar-refractivity contribution in [3.05, 3.63) is 0 Å². The molecule has 0 aromatic carbocycles. The van der Waals surface area contributed by atoms with E-state index in [1.165, 1.54) is 0 Å². The van der Waals surface area contributed by atoms with Gasteiger partial charge in [-0.2, -0.15) is 0 Å². The van der Waals surface area contributed by atoms with Crippen molar-refractivity contribution in [3.8, 4) is 0 Å². The Morgan fingerprint density at radius 1 is 1.33 bits per heavy atom. The van der Waals surface area contributed by atoms with E-state index in [-0.39, 0.29) is 18.1 Å². The molecule has 0 radical (unpaired) electrons. The highest BCUT2D eigenvalue weighted by molar-refractivity contribution is 5.78. The predicted molar refractivity (Wildman–Crippen MR) is 61.7 cm³/mol. The third-order valence-corrected chi connectivity index (χ3v) is 2.15. The first kappa shape index (κ1) is 14.4. The summed E-state index contributed by atoms with van der Waals surface area (Å²) in [5, 5.41) is 14.9. The number of aliphatic hydroxyl groups excluding tert-OH is 1. The summed E-state index contributed by atoms with van der Waals surface area (Å²) in [7, 11) is 0. The molecule has 0 aromatic rings. The molecule has 0 saturated heterocycles. The van der Waals surface area contributed by atoms with E-state index in [1.807, 2.05) is 6.92 Å². The molecule has 15 heavy (non-hydrogen) atoms. The zero-order chi connectivity index (χ0) is 11.7. The van der Waals surface area contributed by atoms with E-state index in [9.17, 15) is 4.79 Å². The molecule has 0 fully saturated rings. The average Bonchev–Trinajstić information content (AvgIpc) is 2.12. The fraction of sp³-hybridized carbons (Fsp3) is 0.909. The lowest BCUT2D eigenvalue weighted by Gasteiger charge is -2.13. The molecule has 0 saturated carbocycles. The maximum atomic E-state index is 11.3. The SMILES string of the molecule is CCCC(C)NC(=O)CNCCC(C)O. The first-order valence-corrected chi connectivity index (χ1v) is 5.74. The van der Waals surface area contributed by atoms with E-state index >= 15 is 0 Å². The highest BCUT2D eigenvalue weighted by atomic mass is 16.3.